The van der Waals surface area contributed by atoms with Gasteiger partial charge in [-0.3, -0.25) is 13.9 Å². The minimum absolute atomic E-state index is 0.0378. The van der Waals surface area contributed by atoms with Crippen molar-refractivity contribution in [3.63, 3.8) is 0 Å². The minimum Gasteiger partial charge on any atom is -0.354 e. The SMILES string of the molecule is CCCNC(=O)[C@@H](Cc1ccccc1)N(Cc1c(Cl)cccc1Cl)C(=O)CN(c1cc(Cl)ccc1Cl)S(C)(=O)=O. The summed E-state index contributed by atoms with van der Waals surface area (Å²) in [6, 6.07) is 17.4. The van der Waals surface area contributed by atoms with E-state index in [0.29, 0.717) is 28.6 Å². The molecule has 0 aliphatic heterocycles. The van der Waals surface area contributed by atoms with Crippen molar-refractivity contribution in [1.29, 1.82) is 0 Å². The lowest BCUT2D eigenvalue weighted by Crippen LogP contribution is -2.53. The average Bonchev–Trinajstić information content (AvgIpc) is 2.90. The number of carbonyl (C=O) groups excluding carboxylic acids is 2. The Morgan fingerprint density at radius 3 is 2.15 bits per heavy atom. The van der Waals surface area contributed by atoms with Crippen molar-refractivity contribution < 1.29 is 18.0 Å². The van der Waals surface area contributed by atoms with Gasteiger partial charge in [0, 0.05) is 40.1 Å². The molecule has 0 bridgehead atoms. The van der Waals surface area contributed by atoms with Gasteiger partial charge in [-0.05, 0) is 42.3 Å². The molecule has 1 atom stereocenters. The molecule has 12 heteroatoms. The monoisotopic (exact) mass is 643 g/mol. The lowest BCUT2D eigenvalue weighted by Gasteiger charge is -2.34. The van der Waals surface area contributed by atoms with Crippen LogP contribution in [-0.4, -0.2) is 50.5 Å². The number of sulfonamides is 1. The van der Waals surface area contributed by atoms with Crippen LogP contribution < -0.4 is 9.62 Å². The Morgan fingerprint density at radius 2 is 1.55 bits per heavy atom. The maximum Gasteiger partial charge on any atom is 0.244 e. The van der Waals surface area contributed by atoms with Gasteiger partial charge in [-0.15, -0.1) is 0 Å². The highest BCUT2D eigenvalue weighted by Gasteiger charge is 2.34. The molecule has 3 rings (SSSR count). The van der Waals surface area contributed by atoms with E-state index >= 15 is 0 Å². The molecule has 0 radical (unpaired) electrons. The number of carbonyl (C=O) groups is 2. The summed E-state index contributed by atoms with van der Waals surface area (Å²) < 4.78 is 26.6. The van der Waals surface area contributed by atoms with Crippen LogP contribution in [0.3, 0.4) is 0 Å². The topological polar surface area (TPSA) is 86.8 Å². The Hall–Kier alpha value is -2.49. The van der Waals surface area contributed by atoms with Crippen molar-refractivity contribution >= 4 is 73.9 Å². The molecule has 214 valence electrons. The third-order valence-corrected chi connectivity index (χ3v) is 8.46. The first kappa shape index (κ1) is 32.0. The molecule has 0 aliphatic rings. The van der Waals surface area contributed by atoms with E-state index in [2.05, 4.69) is 5.32 Å². The van der Waals surface area contributed by atoms with Crippen molar-refractivity contribution in [3.05, 3.63) is 97.9 Å². The number of halogens is 4. The molecule has 0 aliphatic carbocycles. The smallest absolute Gasteiger partial charge is 0.244 e. The Labute approximate surface area is 255 Å². The number of hydrogen-bond donors (Lipinski definition) is 1. The van der Waals surface area contributed by atoms with Crippen LogP contribution in [0.5, 0.6) is 0 Å². The van der Waals surface area contributed by atoms with Crippen LogP contribution in [0.1, 0.15) is 24.5 Å². The average molecular weight is 645 g/mol. The Balaban J connectivity index is 2.11. The summed E-state index contributed by atoms with van der Waals surface area (Å²) in [5, 5.41) is 3.79. The van der Waals surface area contributed by atoms with Crippen LogP contribution >= 0.6 is 46.4 Å². The van der Waals surface area contributed by atoms with Crippen molar-refractivity contribution in [3.8, 4) is 0 Å². The highest BCUT2D eigenvalue weighted by Crippen LogP contribution is 2.32. The van der Waals surface area contributed by atoms with Gasteiger partial charge in [0.2, 0.25) is 21.8 Å². The zero-order valence-electron chi connectivity index (χ0n) is 21.9. The van der Waals surface area contributed by atoms with E-state index in [1.807, 2.05) is 37.3 Å². The predicted molar refractivity (Wildman–Crippen MR) is 163 cm³/mol. The lowest BCUT2D eigenvalue weighted by atomic mass is 10.0. The number of benzene rings is 3. The summed E-state index contributed by atoms with van der Waals surface area (Å²) in [4.78, 5) is 28.9. The van der Waals surface area contributed by atoms with Crippen molar-refractivity contribution in [2.75, 3.05) is 23.7 Å². The van der Waals surface area contributed by atoms with Crippen LogP contribution in [0.2, 0.25) is 20.1 Å². The molecule has 2 amide bonds. The first-order chi connectivity index (χ1) is 18.9. The third kappa shape index (κ3) is 8.51. The van der Waals surface area contributed by atoms with Gasteiger partial charge >= 0.3 is 0 Å². The summed E-state index contributed by atoms with van der Waals surface area (Å²) in [6.45, 7) is 1.52. The fraction of sp³-hybridized carbons (Fsp3) is 0.286. The molecule has 0 aromatic heterocycles. The molecule has 0 spiro atoms. The van der Waals surface area contributed by atoms with Crippen LogP contribution in [0, 0.1) is 0 Å². The zero-order valence-corrected chi connectivity index (χ0v) is 25.8. The number of nitrogens with one attached hydrogen (secondary N) is 1. The van der Waals surface area contributed by atoms with Gasteiger partial charge in [0.1, 0.15) is 12.6 Å². The zero-order chi connectivity index (χ0) is 29.4. The van der Waals surface area contributed by atoms with E-state index in [0.717, 1.165) is 16.1 Å². The fourth-order valence-electron chi connectivity index (χ4n) is 4.05. The van der Waals surface area contributed by atoms with Crippen LogP contribution in [-0.2, 0) is 32.6 Å². The second-order valence-electron chi connectivity index (χ2n) is 9.08. The predicted octanol–water partition coefficient (Wildman–Crippen LogP) is 6.23. The van der Waals surface area contributed by atoms with Gasteiger partial charge < -0.3 is 10.2 Å². The van der Waals surface area contributed by atoms with E-state index in [9.17, 15) is 18.0 Å². The van der Waals surface area contributed by atoms with Gasteiger partial charge in [-0.2, -0.15) is 0 Å². The molecule has 0 heterocycles. The molecule has 0 saturated carbocycles. The summed E-state index contributed by atoms with van der Waals surface area (Å²) in [5.74, 6) is -1.06. The molecular formula is C28H29Cl4N3O4S. The van der Waals surface area contributed by atoms with Crippen LogP contribution in [0.25, 0.3) is 0 Å². The van der Waals surface area contributed by atoms with Gasteiger partial charge in [0.15, 0.2) is 0 Å². The number of amides is 2. The van der Waals surface area contributed by atoms with Crippen LogP contribution in [0.4, 0.5) is 5.69 Å². The van der Waals surface area contributed by atoms with E-state index in [1.54, 1.807) is 18.2 Å². The fourth-order valence-corrected chi connectivity index (χ4v) is 5.85. The number of nitrogens with zero attached hydrogens (tertiary/aromatic N) is 2. The van der Waals surface area contributed by atoms with E-state index in [4.69, 9.17) is 46.4 Å². The maximum absolute atomic E-state index is 14.1. The highest BCUT2D eigenvalue weighted by atomic mass is 35.5. The van der Waals surface area contributed by atoms with E-state index in [-0.39, 0.29) is 28.7 Å². The van der Waals surface area contributed by atoms with Crippen molar-refractivity contribution in [1.82, 2.24) is 10.2 Å². The molecule has 7 nitrogen and oxygen atoms in total. The first-order valence-corrected chi connectivity index (χ1v) is 15.7. The molecule has 0 unspecified atom stereocenters. The normalized spacial score (nSPS) is 12.1. The quantitative estimate of drug-likeness (QED) is 0.253. The molecule has 0 saturated heterocycles. The molecule has 3 aromatic carbocycles. The molecular weight excluding hydrogens is 616 g/mol. The number of anilines is 1. The minimum atomic E-state index is -4.00. The summed E-state index contributed by atoms with van der Waals surface area (Å²) >= 11 is 25.4. The standard InChI is InChI=1S/C28H29Cl4N3O4S/c1-3-14-33-28(37)26(15-19-8-5-4-6-9-19)34(17-21-22(30)10-7-11-23(21)31)27(36)18-35(40(2,38)39)25-16-20(29)12-13-24(25)32/h4-13,16,26H,3,14-15,17-18H2,1-2H3,(H,33,37)/t26-/m1/s1. The number of rotatable bonds is 12. The Kier molecular flexibility index (Phi) is 11.5. The molecule has 3 aromatic rings. The maximum atomic E-state index is 14.1. The van der Waals surface area contributed by atoms with E-state index < -0.39 is 34.4 Å². The largest absolute Gasteiger partial charge is 0.354 e. The van der Waals surface area contributed by atoms with Crippen molar-refractivity contribution in [2.45, 2.75) is 32.4 Å². The lowest BCUT2D eigenvalue weighted by molar-refractivity contribution is -0.140. The molecule has 1 N–H and O–H groups in total. The Bertz CT molecular complexity index is 1430. The van der Waals surface area contributed by atoms with Gasteiger partial charge in [0.25, 0.3) is 0 Å². The second-order valence-corrected chi connectivity index (χ2v) is 12.6. The highest BCUT2D eigenvalue weighted by molar-refractivity contribution is 7.92. The van der Waals surface area contributed by atoms with Crippen LogP contribution in [0.15, 0.2) is 66.7 Å². The first-order valence-electron chi connectivity index (χ1n) is 12.4. The Morgan fingerprint density at radius 1 is 0.900 bits per heavy atom. The summed E-state index contributed by atoms with van der Waals surface area (Å²) in [6.07, 6.45) is 1.81. The van der Waals surface area contributed by atoms with Gasteiger partial charge in [-0.25, -0.2) is 8.42 Å². The molecule has 0 fully saturated rings. The third-order valence-electron chi connectivity index (χ3n) is 6.07. The summed E-state index contributed by atoms with van der Waals surface area (Å²) in [5.41, 5.74) is 1.27. The van der Waals surface area contributed by atoms with Crippen molar-refractivity contribution in [2.24, 2.45) is 0 Å². The van der Waals surface area contributed by atoms with Gasteiger partial charge in [0.05, 0.1) is 17.0 Å². The molecule has 40 heavy (non-hydrogen) atoms. The van der Waals surface area contributed by atoms with E-state index in [1.165, 1.54) is 23.1 Å². The number of hydrogen-bond acceptors (Lipinski definition) is 4. The summed E-state index contributed by atoms with van der Waals surface area (Å²) in [7, 11) is -4.00. The van der Waals surface area contributed by atoms with Gasteiger partial charge in [-0.1, -0.05) is 89.7 Å². The second kappa shape index (κ2) is 14.4.